The first-order valence-corrected chi connectivity index (χ1v) is 12.0. The van der Waals surface area contributed by atoms with Gasteiger partial charge in [-0.25, -0.2) is 9.79 Å². The van der Waals surface area contributed by atoms with Gasteiger partial charge in [-0.1, -0.05) is 65.9 Å². The Balaban J connectivity index is 1.78. The minimum Gasteiger partial charge on any atom is -0.463 e. The molecular formula is C28H21N3O3S. The highest BCUT2D eigenvalue weighted by molar-refractivity contribution is 7.07. The van der Waals surface area contributed by atoms with Gasteiger partial charge in [0.25, 0.3) is 5.56 Å². The highest BCUT2D eigenvalue weighted by Gasteiger charge is 2.34. The molecule has 0 N–H and O–H groups in total. The standard InChI is InChI=1S/C28H21N3O3S/c1-3-34-27(33)24-17(2)30-28-31(25(24)22-10-6-8-20-7-4-5-9-21(20)22)26(32)23(35-28)15-18-11-13-19(16-29)14-12-18/h4-15,25H,3H2,1-2H3/b23-15+/t25-/m1/s1. The van der Waals surface area contributed by atoms with Crippen molar-refractivity contribution in [1.82, 2.24) is 4.57 Å². The molecule has 1 aromatic heterocycles. The van der Waals surface area contributed by atoms with Gasteiger partial charge in [0.15, 0.2) is 4.80 Å². The van der Waals surface area contributed by atoms with Crippen molar-refractivity contribution in [1.29, 1.82) is 5.26 Å². The summed E-state index contributed by atoms with van der Waals surface area (Å²) in [7, 11) is 0. The molecule has 0 aliphatic carbocycles. The van der Waals surface area contributed by atoms with Crippen LogP contribution in [0, 0.1) is 11.3 Å². The first kappa shape index (κ1) is 22.5. The first-order chi connectivity index (χ1) is 17.0. The van der Waals surface area contributed by atoms with Gasteiger partial charge in [-0.05, 0) is 54.0 Å². The Kier molecular flexibility index (Phi) is 5.89. The molecule has 1 aliphatic heterocycles. The number of ether oxygens (including phenoxy) is 1. The topological polar surface area (TPSA) is 84.4 Å². The number of fused-ring (bicyclic) bond motifs is 2. The van der Waals surface area contributed by atoms with Crippen molar-refractivity contribution in [3.8, 4) is 6.07 Å². The van der Waals surface area contributed by atoms with Crippen LogP contribution in [0.2, 0.25) is 0 Å². The Hall–Kier alpha value is -4.28. The minimum atomic E-state index is -0.667. The van der Waals surface area contributed by atoms with Gasteiger partial charge in [0.1, 0.15) is 0 Å². The van der Waals surface area contributed by atoms with Crippen LogP contribution in [-0.4, -0.2) is 17.1 Å². The summed E-state index contributed by atoms with van der Waals surface area (Å²) in [4.78, 5) is 32.0. The Labute approximate surface area is 205 Å². The molecule has 0 saturated carbocycles. The molecule has 0 spiro atoms. The molecule has 0 amide bonds. The molecule has 6 nitrogen and oxygen atoms in total. The zero-order valence-corrected chi connectivity index (χ0v) is 20.0. The number of hydrogen-bond acceptors (Lipinski definition) is 6. The maximum absolute atomic E-state index is 13.7. The monoisotopic (exact) mass is 479 g/mol. The Morgan fingerprint density at radius 1 is 1.14 bits per heavy atom. The molecule has 172 valence electrons. The molecule has 4 aromatic rings. The lowest BCUT2D eigenvalue weighted by Gasteiger charge is -2.25. The molecule has 0 fully saturated rings. The van der Waals surface area contributed by atoms with E-state index in [4.69, 9.17) is 10.00 Å². The number of benzene rings is 3. The van der Waals surface area contributed by atoms with Crippen LogP contribution in [0.5, 0.6) is 0 Å². The number of carbonyl (C=O) groups excluding carboxylic acids is 1. The lowest BCUT2D eigenvalue weighted by Crippen LogP contribution is -2.40. The average Bonchev–Trinajstić information content (AvgIpc) is 3.17. The van der Waals surface area contributed by atoms with E-state index in [2.05, 4.69) is 11.1 Å². The third kappa shape index (κ3) is 3.98. The van der Waals surface area contributed by atoms with Crippen LogP contribution < -0.4 is 14.9 Å². The van der Waals surface area contributed by atoms with Crippen molar-refractivity contribution in [2.75, 3.05) is 6.61 Å². The highest BCUT2D eigenvalue weighted by Crippen LogP contribution is 2.34. The fraction of sp³-hybridized carbons (Fsp3) is 0.143. The summed E-state index contributed by atoms with van der Waals surface area (Å²) in [5, 5.41) is 11.0. The summed E-state index contributed by atoms with van der Waals surface area (Å²) in [6.45, 7) is 3.76. The maximum atomic E-state index is 13.7. The zero-order chi connectivity index (χ0) is 24.5. The van der Waals surface area contributed by atoms with E-state index in [1.807, 2.05) is 42.5 Å². The van der Waals surface area contributed by atoms with Crippen LogP contribution in [0.25, 0.3) is 16.8 Å². The lowest BCUT2D eigenvalue weighted by atomic mass is 9.91. The first-order valence-electron chi connectivity index (χ1n) is 11.2. The number of carbonyl (C=O) groups is 1. The number of thiazole rings is 1. The van der Waals surface area contributed by atoms with Gasteiger partial charge in [0.05, 0.1) is 40.1 Å². The van der Waals surface area contributed by atoms with Crippen LogP contribution in [0.4, 0.5) is 0 Å². The molecule has 7 heteroatoms. The van der Waals surface area contributed by atoms with E-state index in [9.17, 15) is 9.59 Å². The van der Waals surface area contributed by atoms with Crippen molar-refractivity contribution in [3.05, 3.63) is 114 Å². The average molecular weight is 480 g/mol. The fourth-order valence-corrected chi connectivity index (χ4v) is 5.43. The Bertz CT molecular complexity index is 1720. The zero-order valence-electron chi connectivity index (χ0n) is 19.2. The Morgan fingerprint density at radius 3 is 2.63 bits per heavy atom. The fourth-order valence-electron chi connectivity index (χ4n) is 4.38. The van der Waals surface area contributed by atoms with Crippen molar-refractivity contribution in [2.24, 2.45) is 4.99 Å². The highest BCUT2D eigenvalue weighted by atomic mass is 32.1. The molecule has 2 heterocycles. The summed E-state index contributed by atoms with van der Waals surface area (Å²) in [6, 6.07) is 22.3. The molecule has 5 rings (SSSR count). The smallest absolute Gasteiger partial charge is 0.338 e. The van der Waals surface area contributed by atoms with E-state index in [1.165, 1.54) is 11.3 Å². The quantitative estimate of drug-likeness (QED) is 0.417. The molecular weight excluding hydrogens is 458 g/mol. The summed E-state index contributed by atoms with van der Waals surface area (Å²) in [5.74, 6) is -0.479. The number of nitriles is 1. The largest absolute Gasteiger partial charge is 0.463 e. The van der Waals surface area contributed by atoms with Crippen molar-refractivity contribution in [3.63, 3.8) is 0 Å². The van der Waals surface area contributed by atoms with Crippen LogP contribution in [0.15, 0.2) is 87.8 Å². The minimum absolute atomic E-state index is 0.223. The number of nitrogens with zero attached hydrogens (tertiary/aromatic N) is 3. The summed E-state index contributed by atoms with van der Waals surface area (Å²) < 4.78 is 7.49. The van der Waals surface area contributed by atoms with Gasteiger partial charge in [-0.2, -0.15) is 5.26 Å². The van der Waals surface area contributed by atoms with Gasteiger partial charge in [-0.3, -0.25) is 9.36 Å². The van der Waals surface area contributed by atoms with E-state index in [0.717, 1.165) is 21.9 Å². The molecule has 35 heavy (non-hydrogen) atoms. The van der Waals surface area contributed by atoms with Crippen LogP contribution >= 0.6 is 11.3 Å². The molecule has 0 bridgehead atoms. The predicted molar refractivity (Wildman–Crippen MR) is 136 cm³/mol. The number of hydrogen-bond donors (Lipinski definition) is 0. The third-order valence-corrected chi connectivity index (χ3v) is 6.96. The second-order valence-corrected chi connectivity index (χ2v) is 9.11. The van der Waals surface area contributed by atoms with E-state index in [-0.39, 0.29) is 12.2 Å². The number of esters is 1. The van der Waals surface area contributed by atoms with Gasteiger partial charge in [0, 0.05) is 0 Å². The van der Waals surface area contributed by atoms with E-state index >= 15 is 0 Å². The lowest BCUT2D eigenvalue weighted by molar-refractivity contribution is -0.139. The molecule has 0 radical (unpaired) electrons. The van der Waals surface area contributed by atoms with Crippen molar-refractivity contribution < 1.29 is 9.53 Å². The molecule has 0 unspecified atom stereocenters. The summed E-state index contributed by atoms with van der Waals surface area (Å²) in [6.07, 6.45) is 1.79. The van der Waals surface area contributed by atoms with Crippen LogP contribution in [0.3, 0.4) is 0 Å². The van der Waals surface area contributed by atoms with Crippen LogP contribution in [0.1, 0.15) is 36.6 Å². The second kappa shape index (κ2) is 9.16. The molecule has 1 atom stereocenters. The van der Waals surface area contributed by atoms with Crippen LogP contribution in [-0.2, 0) is 9.53 Å². The normalized spacial score (nSPS) is 15.5. The van der Waals surface area contributed by atoms with Gasteiger partial charge >= 0.3 is 5.97 Å². The van der Waals surface area contributed by atoms with E-state index < -0.39 is 12.0 Å². The number of rotatable bonds is 4. The number of aromatic nitrogens is 1. The van der Waals surface area contributed by atoms with Gasteiger partial charge in [0.2, 0.25) is 0 Å². The van der Waals surface area contributed by atoms with Gasteiger partial charge in [-0.15, -0.1) is 0 Å². The third-order valence-electron chi connectivity index (χ3n) is 5.97. The van der Waals surface area contributed by atoms with E-state index in [1.54, 1.807) is 48.8 Å². The molecule has 1 aliphatic rings. The van der Waals surface area contributed by atoms with E-state index in [0.29, 0.717) is 26.2 Å². The maximum Gasteiger partial charge on any atom is 0.338 e. The predicted octanol–water partition coefficient (Wildman–Crippen LogP) is 3.82. The van der Waals surface area contributed by atoms with Gasteiger partial charge < -0.3 is 4.74 Å². The summed E-state index contributed by atoms with van der Waals surface area (Å²) in [5.41, 5.74) is 2.86. The SMILES string of the molecule is CCOC(=O)C1=C(C)N=c2s/c(=C/c3ccc(C#N)cc3)c(=O)n2[C@@H]1c1cccc2ccccc12. The number of allylic oxidation sites excluding steroid dienone is 1. The second-order valence-electron chi connectivity index (χ2n) is 8.10. The molecule has 0 saturated heterocycles. The molecule has 3 aromatic carbocycles. The summed E-state index contributed by atoms with van der Waals surface area (Å²) >= 11 is 1.28. The van der Waals surface area contributed by atoms with Crippen molar-refractivity contribution >= 4 is 34.2 Å². The Morgan fingerprint density at radius 2 is 1.89 bits per heavy atom. The van der Waals surface area contributed by atoms with Crippen molar-refractivity contribution in [2.45, 2.75) is 19.9 Å².